The predicted octanol–water partition coefficient (Wildman–Crippen LogP) is 0.293. The Bertz CT molecular complexity index is 1140. The van der Waals surface area contributed by atoms with Gasteiger partial charge in [-0.15, -0.1) is 0 Å². The number of hydrogen-bond donors (Lipinski definition) is 5. The van der Waals surface area contributed by atoms with Crippen LogP contribution in [0.1, 0.15) is 52.9 Å². The van der Waals surface area contributed by atoms with Gasteiger partial charge in [0.2, 0.25) is 29.5 Å². The van der Waals surface area contributed by atoms with Crippen molar-refractivity contribution in [1.82, 2.24) is 20.9 Å². The van der Waals surface area contributed by atoms with Crippen molar-refractivity contribution in [3.05, 3.63) is 34.4 Å². The van der Waals surface area contributed by atoms with Gasteiger partial charge in [0.25, 0.3) is 5.69 Å². The van der Waals surface area contributed by atoms with E-state index in [1.807, 2.05) is 0 Å². The maximum Gasteiger partial charge on any atom is 0.303 e. The Kier molecular flexibility index (Phi) is 11.5. The van der Waals surface area contributed by atoms with Crippen molar-refractivity contribution in [2.24, 2.45) is 0 Å². The second kappa shape index (κ2) is 14.6. The topological polar surface area (TPSA) is 217 Å². The minimum atomic E-state index is -1.15. The molecule has 15 heteroatoms. The monoisotopic (exact) mass is 562 g/mol. The van der Waals surface area contributed by atoms with Crippen LogP contribution in [0, 0.1) is 10.1 Å². The third kappa shape index (κ3) is 9.03. The number of anilines is 1. The quantitative estimate of drug-likeness (QED) is 0.165. The van der Waals surface area contributed by atoms with Crippen molar-refractivity contribution in [2.45, 2.75) is 77.0 Å². The number of amides is 5. The first-order valence-electron chi connectivity index (χ1n) is 12.8. The smallest absolute Gasteiger partial charge is 0.303 e. The van der Waals surface area contributed by atoms with Gasteiger partial charge in [0.05, 0.1) is 11.3 Å². The van der Waals surface area contributed by atoms with Crippen LogP contribution in [-0.4, -0.2) is 81.1 Å². The van der Waals surface area contributed by atoms with Crippen molar-refractivity contribution in [3.63, 3.8) is 0 Å². The first-order chi connectivity index (χ1) is 18.8. The van der Waals surface area contributed by atoms with Gasteiger partial charge in [-0.05, 0) is 45.2 Å². The number of non-ortho nitro benzene ring substituents is 1. The van der Waals surface area contributed by atoms with Gasteiger partial charge in [-0.1, -0.05) is 6.92 Å². The largest absolute Gasteiger partial charge is 0.481 e. The molecule has 2 rings (SSSR count). The van der Waals surface area contributed by atoms with E-state index >= 15 is 0 Å². The molecule has 40 heavy (non-hydrogen) atoms. The summed E-state index contributed by atoms with van der Waals surface area (Å²) in [5, 5.41) is 29.6. The Morgan fingerprint density at radius 2 is 1.65 bits per heavy atom. The number of carboxylic acids is 1. The summed E-state index contributed by atoms with van der Waals surface area (Å²) in [7, 11) is 0. The van der Waals surface area contributed by atoms with Gasteiger partial charge in [-0.3, -0.25) is 38.9 Å². The van der Waals surface area contributed by atoms with Crippen LogP contribution in [0.15, 0.2) is 24.3 Å². The number of carboxylic acid groups (broad SMARTS) is 1. The van der Waals surface area contributed by atoms with Gasteiger partial charge >= 0.3 is 5.97 Å². The van der Waals surface area contributed by atoms with Crippen molar-refractivity contribution in [2.75, 3.05) is 11.9 Å². The van der Waals surface area contributed by atoms with Crippen molar-refractivity contribution in [3.8, 4) is 0 Å². The van der Waals surface area contributed by atoms with Crippen LogP contribution in [0.25, 0.3) is 0 Å². The van der Waals surface area contributed by atoms with Gasteiger partial charge < -0.3 is 31.3 Å². The molecule has 0 radical (unpaired) electrons. The number of carbonyl (C=O) groups excluding carboxylic acids is 5. The molecule has 1 aliphatic rings. The van der Waals surface area contributed by atoms with E-state index in [0.717, 1.165) is 0 Å². The van der Waals surface area contributed by atoms with Gasteiger partial charge in [-0.2, -0.15) is 0 Å². The maximum absolute atomic E-state index is 13.1. The lowest BCUT2D eigenvalue weighted by molar-refractivity contribution is -0.384. The van der Waals surface area contributed by atoms with E-state index in [-0.39, 0.29) is 31.5 Å². The summed E-state index contributed by atoms with van der Waals surface area (Å²) < 4.78 is 0. The van der Waals surface area contributed by atoms with E-state index in [0.29, 0.717) is 18.5 Å². The molecule has 0 aromatic heterocycles. The van der Waals surface area contributed by atoms with Crippen molar-refractivity contribution >= 4 is 46.9 Å². The number of rotatable bonds is 13. The first kappa shape index (κ1) is 31.7. The molecule has 0 saturated carbocycles. The molecule has 1 fully saturated rings. The zero-order chi connectivity index (χ0) is 30.0. The van der Waals surface area contributed by atoms with Crippen molar-refractivity contribution < 1.29 is 38.8 Å². The molecule has 218 valence electrons. The minimum absolute atomic E-state index is 0.135. The Hall–Kier alpha value is -4.56. The highest BCUT2D eigenvalue weighted by Gasteiger charge is 2.37. The zero-order valence-electron chi connectivity index (χ0n) is 22.5. The Morgan fingerprint density at radius 3 is 2.23 bits per heavy atom. The number of nitrogens with zero attached hydrogens (tertiary/aromatic N) is 2. The summed E-state index contributed by atoms with van der Waals surface area (Å²) in [4.78, 5) is 85.2. The number of hydrogen-bond acceptors (Lipinski definition) is 8. The van der Waals surface area contributed by atoms with Crippen LogP contribution in [0.5, 0.6) is 0 Å². The molecule has 1 aliphatic heterocycles. The Morgan fingerprint density at radius 1 is 1.00 bits per heavy atom. The fraction of sp³-hybridized carbons (Fsp3) is 0.520. The number of carbonyl (C=O) groups is 6. The molecule has 1 saturated heterocycles. The number of nitro groups is 1. The molecule has 5 N–H and O–H groups in total. The fourth-order valence-corrected chi connectivity index (χ4v) is 4.07. The Balaban J connectivity index is 1.94. The first-order valence-corrected chi connectivity index (χ1v) is 12.8. The summed E-state index contributed by atoms with van der Waals surface area (Å²) in [5.74, 6) is -4.00. The molecule has 4 atom stereocenters. The number of aliphatic carboxylic acids is 1. The molecule has 0 spiro atoms. The summed E-state index contributed by atoms with van der Waals surface area (Å²) in [6.07, 6.45) is 0.455. The predicted molar refractivity (Wildman–Crippen MR) is 141 cm³/mol. The fourth-order valence-electron chi connectivity index (χ4n) is 4.07. The molecule has 1 aromatic rings. The van der Waals surface area contributed by atoms with E-state index in [4.69, 9.17) is 5.11 Å². The van der Waals surface area contributed by atoms with Crippen LogP contribution in [-0.2, 0) is 28.8 Å². The number of nitro benzene ring substituents is 1. The van der Waals surface area contributed by atoms with Crippen LogP contribution in [0.2, 0.25) is 0 Å². The standard InChI is InChI=1S/C25H34N6O9/c1-4-18(23(36)28-16-7-9-17(10-8-16)31(39)40)29-24(37)19-6-5-13-30(19)25(38)15(3)27-22(35)14(2)26-20(32)11-12-21(33)34/h7-10,14-15,18-19H,4-6,11-13H2,1-3H3,(H,26,32)(H,27,35)(H,28,36)(H,29,37)(H,33,34)/t14-,15-,18?,19-/m0/s1. The highest BCUT2D eigenvalue weighted by Crippen LogP contribution is 2.20. The second-order valence-electron chi connectivity index (χ2n) is 9.37. The van der Waals surface area contributed by atoms with Crippen LogP contribution in [0.4, 0.5) is 11.4 Å². The third-order valence-electron chi connectivity index (χ3n) is 6.29. The summed E-state index contributed by atoms with van der Waals surface area (Å²) in [5.41, 5.74) is 0.183. The van der Waals surface area contributed by atoms with Crippen LogP contribution >= 0.6 is 0 Å². The summed E-state index contributed by atoms with van der Waals surface area (Å²) >= 11 is 0. The molecule has 1 heterocycles. The summed E-state index contributed by atoms with van der Waals surface area (Å²) in [6.45, 7) is 4.80. The van der Waals surface area contributed by atoms with Crippen molar-refractivity contribution in [1.29, 1.82) is 0 Å². The lowest BCUT2D eigenvalue weighted by Crippen LogP contribution is -2.56. The molecular weight excluding hydrogens is 528 g/mol. The van der Waals surface area contributed by atoms with Gasteiger partial charge in [0.1, 0.15) is 24.2 Å². The molecular formula is C25H34N6O9. The minimum Gasteiger partial charge on any atom is -0.481 e. The summed E-state index contributed by atoms with van der Waals surface area (Å²) in [6, 6.07) is 1.40. The lowest BCUT2D eigenvalue weighted by atomic mass is 10.1. The normalized spacial score (nSPS) is 16.7. The number of benzene rings is 1. The van der Waals surface area contributed by atoms with E-state index < -0.39 is 64.6 Å². The Labute approximate surface area is 230 Å². The molecule has 0 bridgehead atoms. The zero-order valence-corrected chi connectivity index (χ0v) is 22.5. The average molecular weight is 563 g/mol. The van der Waals surface area contributed by atoms with E-state index in [2.05, 4.69) is 21.3 Å². The van der Waals surface area contributed by atoms with Crippen LogP contribution < -0.4 is 21.3 Å². The average Bonchev–Trinajstić information content (AvgIpc) is 3.40. The molecule has 1 aromatic carbocycles. The second-order valence-corrected chi connectivity index (χ2v) is 9.37. The maximum atomic E-state index is 13.1. The molecule has 15 nitrogen and oxygen atoms in total. The molecule has 5 amide bonds. The van der Waals surface area contributed by atoms with Gasteiger partial charge in [-0.25, -0.2) is 0 Å². The van der Waals surface area contributed by atoms with E-state index in [1.54, 1.807) is 6.92 Å². The van der Waals surface area contributed by atoms with E-state index in [9.17, 15) is 38.9 Å². The highest BCUT2D eigenvalue weighted by molar-refractivity contribution is 5.99. The number of likely N-dealkylation sites (tertiary alicyclic amines) is 1. The van der Waals surface area contributed by atoms with E-state index in [1.165, 1.54) is 43.0 Å². The van der Waals surface area contributed by atoms with Gasteiger partial charge in [0.15, 0.2) is 0 Å². The molecule has 0 aliphatic carbocycles. The number of nitrogens with one attached hydrogen (secondary N) is 4. The third-order valence-corrected chi connectivity index (χ3v) is 6.29. The highest BCUT2D eigenvalue weighted by atomic mass is 16.6. The van der Waals surface area contributed by atoms with Gasteiger partial charge in [0, 0.05) is 30.8 Å². The molecule has 1 unspecified atom stereocenters. The lowest BCUT2D eigenvalue weighted by Gasteiger charge is -2.29. The van der Waals surface area contributed by atoms with Crippen LogP contribution in [0.3, 0.4) is 0 Å². The SMILES string of the molecule is CCC(NC(=O)[C@@H]1CCCN1C(=O)[C@H](C)NC(=O)[C@H](C)NC(=O)CCC(=O)O)C(=O)Nc1ccc([N+](=O)[O-])cc1.